The average Bonchev–Trinajstić information content (AvgIpc) is 3.86. The minimum absolute atomic E-state index is 0.0243. The monoisotopic (exact) mass is 738 g/mol. The summed E-state index contributed by atoms with van der Waals surface area (Å²) < 4.78 is 17.9. The number of benzene rings is 3. The summed E-state index contributed by atoms with van der Waals surface area (Å²) in [5.74, 6) is 2.21. The zero-order valence-electron chi connectivity index (χ0n) is 31.6. The van der Waals surface area contributed by atoms with E-state index in [9.17, 15) is 9.59 Å². The second-order valence-electron chi connectivity index (χ2n) is 16.8. The lowest BCUT2D eigenvalue weighted by Crippen LogP contribution is -2.40. The van der Waals surface area contributed by atoms with Crippen LogP contribution < -0.4 is 4.74 Å². The third-order valence-electron chi connectivity index (χ3n) is 10.5. The number of halogens is 1. The van der Waals surface area contributed by atoms with Gasteiger partial charge in [0.05, 0.1) is 28.8 Å². The van der Waals surface area contributed by atoms with E-state index in [0.29, 0.717) is 23.3 Å². The summed E-state index contributed by atoms with van der Waals surface area (Å²) >= 11 is 6.76. The number of nitrogens with zero attached hydrogens (tertiary/aromatic N) is 4. The Morgan fingerprint density at radius 1 is 0.792 bits per heavy atom. The molecule has 3 aromatic carbocycles. The highest BCUT2D eigenvalue weighted by Crippen LogP contribution is 2.45. The van der Waals surface area contributed by atoms with Gasteiger partial charge in [0, 0.05) is 28.6 Å². The van der Waals surface area contributed by atoms with Crippen LogP contribution in [0.25, 0.3) is 44.2 Å². The number of aromatic amines is 2. The molecule has 5 heterocycles. The molecule has 5 aromatic rings. The molecule has 4 atom stereocenters. The van der Waals surface area contributed by atoms with Crippen molar-refractivity contribution in [3.8, 4) is 28.1 Å². The average molecular weight is 739 g/mol. The maximum atomic E-state index is 13.2. The molecule has 12 heteroatoms. The highest BCUT2D eigenvalue weighted by molar-refractivity contribution is 6.32. The number of amides is 2. The number of carbonyl (C=O) groups is 2. The molecule has 0 saturated carbocycles. The number of hydrogen-bond donors (Lipinski definition) is 2. The molecule has 0 bridgehead atoms. The summed E-state index contributed by atoms with van der Waals surface area (Å²) in [5.41, 5.74) is 5.32. The highest BCUT2D eigenvalue weighted by Gasteiger charge is 2.41. The third-order valence-corrected chi connectivity index (χ3v) is 10.8. The Balaban J connectivity index is 1.08. The van der Waals surface area contributed by atoms with Gasteiger partial charge in [0.1, 0.15) is 35.2 Å². The molecule has 2 N–H and O–H groups in total. The lowest BCUT2D eigenvalue weighted by molar-refractivity contribution is 0.0141. The molecule has 0 aliphatic carbocycles. The largest absolute Gasteiger partial charge is 0.488 e. The molecule has 11 nitrogen and oxygen atoms in total. The summed E-state index contributed by atoms with van der Waals surface area (Å²) in [5, 5.41) is 2.42. The first-order valence-electron chi connectivity index (χ1n) is 18.6. The van der Waals surface area contributed by atoms with Gasteiger partial charge in [-0.05, 0) is 122 Å². The fourth-order valence-corrected chi connectivity index (χ4v) is 8.34. The van der Waals surface area contributed by atoms with Crippen molar-refractivity contribution in [2.75, 3.05) is 0 Å². The second-order valence-corrected chi connectivity index (χ2v) is 17.1. The van der Waals surface area contributed by atoms with E-state index >= 15 is 0 Å². The van der Waals surface area contributed by atoms with E-state index in [4.69, 9.17) is 35.8 Å². The summed E-state index contributed by atoms with van der Waals surface area (Å²) in [6.45, 7) is 15.8. The molecule has 3 aliphatic heterocycles. The molecule has 0 unspecified atom stereocenters. The van der Waals surface area contributed by atoms with Crippen LogP contribution in [0.3, 0.4) is 0 Å². The van der Waals surface area contributed by atoms with Crippen molar-refractivity contribution in [2.24, 2.45) is 0 Å². The molecule has 2 saturated heterocycles. The van der Waals surface area contributed by atoms with Crippen molar-refractivity contribution in [1.29, 1.82) is 0 Å². The first-order valence-corrected chi connectivity index (χ1v) is 18.9. The first-order chi connectivity index (χ1) is 25.0. The van der Waals surface area contributed by atoms with Crippen LogP contribution in [0.1, 0.15) is 110 Å². The zero-order valence-corrected chi connectivity index (χ0v) is 32.4. The van der Waals surface area contributed by atoms with Gasteiger partial charge in [-0.2, -0.15) is 0 Å². The molecule has 2 aromatic heterocycles. The molecule has 2 amide bonds. The Morgan fingerprint density at radius 2 is 1.42 bits per heavy atom. The maximum Gasteiger partial charge on any atom is 0.411 e. The second kappa shape index (κ2) is 12.7. The number of hydrogen-bond acceptors (Lipinski definition) is 7. The van der Waals surface area contributed by atoms with Crippen molar-refractivity contribution in [1.82, 2.24) is 29.7 Å². The quantitative estimate of drug-likeness (QED) is 0.189. The highest BCUT2D eigenvalue weighted by atomic mass is 35.5. The predicted molar refractivity (Wildman–Crippen MR) is 205 cm³/mol. The van der Waals surface area contributed by atoms with Gasteiger partial charge in [0.25, 0.3) is 0 Å². The number of rotatable bonds is 3. The van der Waals surface area contributed by atoms with Crippen LogP contribution in [0.5, 0.6) is 5.75 Å². The van der Waals surface area contributed by atoms with Crippen LogP contribution >= 0.6 is 11.6 Å². The number of imidazole rings is 2. The minimum atomic E-state index is -0.595. The summed E-state index contributed by atoms with van der Waals surface area (Å²) in [4.78, 5) is 46.7. The van der Waals surface area contributed by atoms with Gasteiger partial charge in [-0.15, -0.1) is 0 Å². The zero-order chi connectivity index (χ0) is 37.6. The fourth-order valence-electron chi connectivity index (χ4n) is 8.09. The van der Waals surface area contributed by atoms with Crippen molar-refractivity contribution >= 4 is 45.6 Å². The molecule has 0 spiro atoms. The van der Waals surface area contributed by atoms with Gasteiger partial charge in [0.2, 0.25) is 0 Å². The molecular weight excluding hydrogens is 692 g/mol. The van der Waals surface area contributed by atoms with Crippen molar-refractivity contribution < 1.29 is 23.8 Å². The van der Waals surface area contributed by atoms with Gasteiger partial charge in [-0.25, -0.2) is 19.6 Å². The van der Waals surface area contributed by atoms with Crippen LogP contribution in [0.15, 0.2) is 42.5 Å². The SMILES string of the molecule is C[C@H]1CC[C@@H](c2nc(Cl)c(-c3ccc4c(c3)COc3cc5c(ccc6nc([C@@H]7CC[C@H](C)N7C(=O)OC(C)(C)C)[nH]c65)cc3-4)[nH]2)N1C(=O)OC(C)(C)C. The maximum absolute atomic E-state index is 13.2. The molecule has 8 rings (SSSR count). The summed E-state index contributed by atoms with van der Waals surface area (Å²) in [7, 11) is 0. The normalized spacial score (nSPS) is 21.5. The van der Waals surface area contributed by atoms with E-state index < -0.39 is 11.2 Å². The van der Waals surface area contributed by atoms with Crippen LogP contribution in [-0.2, 0) is 16.1 Å². The Hall–Kier alpha value is -4.77. The smallest absolute Gasteiger partial charge is 0.411 e. The van der Waals surface area contributed by atoms with Gasteiger partial charge < -0.3 is 24.2 Å². The summed E-state index contributed by atoms with van der Waals surface area (Å²) in [6.07, 6.45) is 2.64. The van der Waals surface area contributed by atoms with E-state index in [2.05, 4.69) is 47.2 Å². The fraction of sp³-hybridized carbons (Fsp3) is 0.463. The van der Waals surface area contributed by atoms with E-state index in [0.717, 1.165) is 81.3 Å². The standard InChI is InChI=1S/C41H47ClN6O5/c1-21-9-15-30(47(21)38(49)52-40(3,4)5)36-43-29-14-12-23-18-28-26-13-11-24(17-25(26)20-51-32(28)19-27(23)34(29)45-36)33-35(42)46-37(44-33)31-16-10-22(2)48(31)39(50)53-41(6,7)8/h11-14,17-19,21-22,30-31H,9-10,15-16,20H2,1-8H3,(H,43,45)(H,44,46)/t21-,22-,30-,31-/m0/s1. The van der Waals surface area contributed by atoms with E-state index in [1.807, 2.05) is 65.5 Å². The molecule has 2 fully saturated rings. The minimum Gasteiger partial charge on any atom is -0.488 e. The van der Waals surface area contributed by atoms with Crippen molar-refractivity contribution in [2.45, 2.75) is 123 Å². The van der Waals surface area contributed by atoms with Gasteiger partial charge in [-0.1, -0.05) is 29.8 Å². The number of likely N-dealkylation sites (tertiary alicyclic amines) is 2. The van der Waals surface area contributed by atoms with Gasteiger partial charge in [-0.3, -0.25) is 9.80 Å². The molecule has 3 aliphatic rings. The number of nitrogens with one attached hydrogen (secondary N) is 2. The molecule has 278 valence electrons. The number of ether oxygens (including phenoxy) is 3. The van der Waals surface area contributed by atoms with E-state index in [-0.39, 0.29) is 36.4 Å². The lowest BCUT2D eigenvalue weighted by Gasteiger charge is -2.30. The Kier molecular flexibility index (Phi) is 8.44. The Morgan fingerprint density at radius 3 is 2.04 bits per heavy atom. The van der Waals surface area contributed by atoms with Gasteiger partial charge >= 0.3 is 12.2 Å². The number of H-pyrrole nitrogens is 2. The Bertz CT molecular complexity index is 2260. The van der Waals surface area contributed by atoms with Crippen molar-refractivity contribution in [3.63, 3.8) is 0 Å². The van der Waals surface area contributed by atoms with Gasteiger partial charge in [0.15, 0.2) is 5.15 Å². The Labute approximate surface area is 314 Å². The number of fused-ring (bicyclic) bond motifs is 6. The topological polar surface area (TPSA) is 126 Å². The predicted octanol–water partition coefficient (Wildman–Crippen LogP) is 10.2. The van der Waals surface area contributed by atoms with Crippen molar-refractivity contribution in [3.05, 3.63) is 64.8 Å². The first kappa shape index (κ1) is 35.3. The molecule has 0 radical (unpaired) electrons. The number of aromatic nitrogens is 4. The van der Waals surface area contributed by atoms with Crippen LogP contribution in [0.2, 0.25) is 5.15 Å². The van der Waals surface area contributed by atoms with Crippen LogP contribution in [0, 0.1) is 0 Å². The third kappa shape index (κ3) is 6.47. The van der Waals surface area contributed by atoms with Crippen LogP contribution in [0.4, 0.5) is 9.59 Å². The van der Waals surface area contributed by atoms with E-state index in [1.54, 1.807) is 4.90 Å². The lowest BCUT2D eigenvalue weighted by atomic mass is 9.92. The molecule has 53 heavy (non-hydrogen) atoms. The van der Waals surface area contributed by atoms with Crippen LogP contribution in [-0.4, -0.2) is 65.2 Å². The van der Waals surface area contributed by atoms with E-state index in [1.165, 1.54) is 0 Å². The summed E-state index contributed by atoms with van der Waals surface area (Å²) in [6, 6.07) is 14.3. The molecular formula is C41H47ClN6O5. The number of carbonyl (C=O) groups excluding carboxylic acids is 2.